The average molecular weight is 1330 g/mol. The van der Waals surface area contributed by atoms with Crippen LogP contribution < -0.4 is 0 Å². The molecule has 0 heteroatoms. The Bertz CT molecular complexity index is 6720. The molecular weight excluding hydrogens is 1250 g/mol. The third-order valence-corrected chi connectivity index (χ3v) is 21.3. The van der Waals surface area contributed by atoms with Gasteiger partial charge in [-0.2, -0.15) is 0 Å². The van der Waals surface area contributed by atoms with Crippen molar-refractivity contribution in [3.8, 4) is 0 Å². The fourth-order valence-corrected chi connectivity index (χ4v) is 15.9. The smallest absolute Gasteiger partial charge is 0.00241 e. The van der Waals surface area contributed by atoms with Crippen LogP contribution in [0.3, 0.4) is 0 Å². The van der Waals surface area contributed by atoms with Crippen molar-refractivity contribution < 1.29 is 0 Å². The molecule has 0 aliphatic carbocycles. The van der Waals surface area contributed by atoms with Gasteiger partial charge in [-0.15, -0.1) is 0 Å². The van der Waals surface area contributed by atoms with E-state index in [1.165, 1.54) is 206 Å². The van der Waals surface area contributed by atoms with Crippen molar-refractivity contribution in [3.05, 3.63) is 396 Å². The van der Waals surface area contributed by atoms with Gasteiger partial charge in [-0.1, -0.05) is 363 Å². The Morgan fingerprint density at radius 1 is 0.115 bits per heavy atom. The van der Waals surface area contributed by atoms with E-state index in [1.807, 2.05) is 0 Å². The molecule has 0 aliphatic heterocycles. The van der Waals surface area contributed by atoms with Gasteiger partial charge in [0.25, 0.3) is 0 Å². The predicted octanol–water partition coefficient (Wildman–Crippen LogP) is 29.9. The number of hydrogen-bond acceptors (Lipinski definition) is 0. The van der Waals surface area contributed by atoms with Crippen molar-refractivity contribution in [2.45, 2.75) is 55.4 Å². The van der Waals surface area contributed by atoms with Gasteiger partial charge in [0.2, 0.25) is 0 Å². The lowest BCUT2D eigenvalue weighted by Gasteiger charge is -2.12. The zero-order chi connectivity index (χ0) is 71.0. The van der Waals surface area contributed by atoms with Crippen LogP contribution in [0.25, 0.3) is 162 Å². The molecule has 498 valence electrons. The minimum absolute atomic E-state index is 1.31. The number of hydrogen-bond donors (Lipinski definition) is 0. The fraction of sp³-hybridized carbons (Fsp3) is 0.0769. The topological polar surface area (TPSA) is 0 Å². The standard InChI is InChI=1S/3C17H12.3C15H12.C8H10/c1-11-10-14-6-2-4-12-8-9-13-5-3-7-15(11)17(13)16(12)14;1-11-9-14-7-5-12-3-2-4-13-6-8-15(10-11)17(14)16(12)13;1-11-5-6-14-8-7-12-3-2-4-13-9-10-15(11)17(14)16(12)13;1-11-10-12-6-2-3-8-14(12)15-9-5-4-7-13(11)15;1-11-6-9-15-13(10-11)8-7-12-4-2-3-5-14(12)15;1-11-6-7-13-9-8-12-4-2-3-5-14(12)15(13)10-11;1-7-5-3-4-6-8(7)2/h3*2-10H,1H3;3*2-10H,1H3;3-6H,1-2H3. The molecule has 0 aromatic heterocycles. The first-order valence-electron chi connectivity index (χ1n) is 36.4. The summed E-state index contributed by atoms with van der Waals surface area (Å²) < 4.78 is 0. The Morgan fingerprint density at radius 2 is 0.385 bits per heavy atom. The summed E-state index contributed by atoms with van der Waals surface area (Å²) >= 11 is 0. The number of benzene rings is 22. The van der Waals surface area contributed by atoms with Crippen molar-refractivity contribution in [3.63, 3.8) is 0 Å². The van der Waals surface area contributed by atoms with Gasteiger partial charge < -0.3 is 0 Å². The molecule has 0 nitrogen and oxygen atoms in total. The van der Waals surface area contributed by atoms with Gasteiger partial charge in [-0.05, 0) is 250 Å². The molecule has 0 atom stereocenters. The predicted molar refractivity (Wildman–Crippen MR) is 459 cm³/mol. The van der Waals surface area contributed by atoms with Gasteiger partial charge in [0.1, 0.15) is 0 Å². The lowest BCUT2D eigenvalue weighted by molar-refractivity contribution is 1.34. The van der Waals surface area contributed by atoms with Crippen molar-refractivity contribution in [1.82, 2.24) is 0 Å². The normalized spacial score (nSPS) is 11.3. The molecule has 0 spiro atoms. The third kappa shape index (κ3) is 13.0. The van der Waals surface area contributed by atoms with E-state index < -0.39 is 0 Å². The summed E-state index contributed by atoms with van der Waals surface area (Å²) in [4.78, 5) is 0. The zero-order valence-corrected chi connectivity index (χ0v) is 60.5. The van der Waals surface area contributed by atoms with E-state index in [0.717, 1.165) is 0 Å². The van der Waals surface area contributed by atoms with Crippen molar-refractivity contribution in [2.75, 3.05) is 0 Å². The molecule has 0 radical (unpaired) electrons. The maximum Gasteiger partial charge on any atom is -0.00241 e. The van der Waals surface area contributed by atoms with Gasteiger partial charge in [0.05, 0.1) is 0 Å². The Balaban J connectivity index is 0.0000000942. The van der Waals surface area contributed by atoms with Gasteiger partial charge >= 0.3 is 0 Å². The second kappa shape index (κ2) is 28.5. The summed E-state index contributed by atoms with van der Waals surface area (Å²) in [5.74, 6) is 0. The minimum Gasteiger partial charge on any atom is -0.0620 e. The molecule has 22 rings (SSSR count). The Kier molecular flexibility index (Phi) is 18.1. The molecule has 0 fully saturated rings. The van der Waals surface area contributed by atoms with E-state index >= 15 is 0 Å². The van der Waals surface area contributed by atoms with Gasteiger partial charge in [0.15, 0.2) is 0 Å². The zero-order valence-electron chi connectivity index (χ0n) is 60.5. The van der Waals surface area contributed by atoms with Crippen LogP contribution in [-0.2, 0) is 0 Å². The van der Waals surface area contributed by atoms with Crippen LogP contribution in [0.4, 0.5) is 0 Å². The van der Waals surface area contributed by atoms with E-state index in [9.17, 15) is 0 Å². The van der Waals surface area contributed by atoms with Crippen molar-refractivity contribution in [1.29, 1.82) is 0 Å². The maximum absolute atomic E-state index is 2.30. The highest BCUT2D eigenvalue weighted by Crippen LogP contribution is 2.39. The molecule has 0 heterocycles. The highest BCUT2D eigenvalue weighted by atomic mass is 14.2. The Morgan fingerprint density at radius 3 is 0.962 bits per heavy atom. The van der Waals surface area contributed by atoms with Crippen molar-refractivity contribution >= 4 is 162 Å². The average Bonchev–Trinajstić information content (AvgIpc) is 0.750. The first-order valence-corrected chi connectivity index (χ1v) is 36.4. The first kappa shape index (κ1) is 66.1. The van der Waals surface area contributed by atoms with Crippen LogP contribution >= 0.6 is 0 Å². The molecule has 0 unspecified atom stereocenters. The second-order valence-corrected chi connectivity index (χ2v) is 28.3. The lowest BCUT2D eigenvalue weighted by atomic mass is 9.92. The highest BCUT2D eigenvalue weighted by molar-refractivity contribution is 6.26. The number of rotatable bonds is 0. The molecule has 104 heavy (non-hydrogen) atoms. The SMILES string of the molecule is Cc1cc2ccc3cccc4ccc(c1)c2c34.Cc1cc2cccc3ccc4cccc1c4c32.Cc1cc2ccccc2c2ccccc12.Cc1ccc2c(ccc3ccccc32)c1.Cc1ccc2ccc3cccc4ccc1c2c34.Cc1ccc2ccc3ccccc3c2c1.Cc1ccccc1C. The van der Waals surface area contributed by atoms with E-state index in [4.69, 9.17) is 0 Å². The quantitative estimate of drug-likeness (QED) is 0.133. The lowest BCUT2D eigenvalue weighted by Crippen LogP contribution is -1.85. The van der Waals surface area contributed by atoms with E-state index in [-0.39, 0.29) is 0 Å². The molecule has 0 N–H and O–H groups in total. The fourth-order valence-electron chi connectivity index (χ4n) is 15.9. The van der Waals surface area contributed by atoms with Gasteiger partial charge in [-0.25, -0.2) is 0 Å². The van der Waals surface area contributed by atoms with E-state index in [1.54, 1.807) is 0 Å². The molecule has 0 aliphatic rings. The maximum atomic E-state index is 2.30. The van der Waals surface area contributed by atoms with E-state index in [0.29, 0.717) is 0 Å². The summed E-state index contributed by atoms with van der Waals surface area (Å²) in [7, 11) is 0. The van der Waals surface area contributed by atoms with Crippen LogP contribution in [-0.4, -0.2) is 0 Å². The van der Waals surface area contributed by atoms with Crippen LogP contribution in [0.1, 0.15) is 44.5 Å². The molecular formula is C104H82. The van der Waals surface area contributed by atoms with Crippen LogP contribution in [0, 0.1) is 55.4 Å². The largest absolute Gasteiger partial charge is 0.0620 e. The first-order chi connectivity index (χ1) is 50.9. The van der Waals surface area contributed by atoms with Crippen LogP contribution in [0.15, 0.2) is 352 Å². The van der Waals surface area contributed by atoms with Crippen molar-refractivity contribution in [2.24, 2.45) is 0 Å². The molecule has 0 saturated carbocycles. The number of fused-ring (bicyclic) bond motifs is 9. The summed E-state index contributed by atoms with van der Waals surface area (Å²) in [6.45, 7) is 17.2. The number of aryl methyl sites for hydroxylation is 8. The Labute approximate surface area is 609 Å². The molecule has 0 amide bonds. The third-order valence-electron chi connectivity index (χ3n) is 21.3. The highest BCUT2D eigenvalue weighted by Gasteiger charge is 2.13. The monoisotopic (exact) mass is 1330 g/mol. The summed E-state index contributed by atoms with van der Waals surface area (Å²) in [6, 6.07) is 127. The Hall–Kier alpha value is -12.5. The molecule has 22 aromatic carbocycles. The summed E-state index contributed by atoms with van der Waals surface area (Å²) in [6.07, 6.45) is 0. The summed E-state index contributed by atoms with van der Waals surface area (Å²) in [5.41, 5.74) is 10.8. The minimum atomic E-state index is 1.31. The van der Waals surface area contributed by atoms with Crippen LogP contribution in [0.5, 0.6) is 0 Å². The summed E-state index contributed by atoms with van der Waals surface area (Å²) in [5, 5.41) is 40.7. The van der Waals surface area contributed by atoms with Gasteiger partial charge in [-0.3, -0.25) is 0 Å². The van der Waals surface area contributed by atoms with Gasteiger partial charge in [0, 0.05) is 0 Å². The van der Waals surface area contributed by atoms with Crippen LogP contribution in [0.2, 0.25) is 0 Å². The molecule has 0 saturated heterocycles. The second-order valence-electron chi connectivity index (χ2n) is 28.3. The molecule has 22 aromatic rings. The molecule has 0 bridgehead atoms. The van der Waals surface area contributed by atoms with E-state index in [2.05, 4.69) is 407 Å².